The topological polar surface area (TPSA) is 77.1 Å². The van der Waals surface area contributed by atoms with Crippen LogP contribution in [0.4, 0.5) is 4.79 Å². The molecule has 0 unspecified atom stereocenters. The van der Waals surface area contributed by atoms with Crippen LogP contribution in [-0.4, -0.2) is 42.3 Å². The summed E-state index contributed by atoms with van der Waals surface area (Å²) in [6.07, 6.45) is 0.350. The third kappa shape index (κ3) is 3.57. The maximum absolute atomic E-state index is 12.9. The summed E-state index contributed by atoms with van der Waals surface area (Å²) in [7, 11) is 0. The van der Waals surface area contributed by atoms with Gasteiger partial charge in [0, 0.05) is 11.4 Å². The molecule has 7 nitrogen and oxygen atoms in total. The van der Waals surface area contributed by atoms with Gasteiger partial charge < -0.3 is 19.5 Å². The predicted molar refractivity (Wildman–Crippen MR) is 102 cm³/mol. The van der Waals surface area contributed by atoms with E-state index >= 15 is 0 Å². The number of urea groups is 1. The lowest BCUT2D eigenvalue weighted by Crippen LogP contribution is -2.46. The van der Waals surface area contributed by atoms with Gasteiger partial charge in [0.05, 0.1) is 6.54 Å². The first-order valence-corrected chi connectivity index (χ1v) is 9.23. The largest absolute Gasteiger partial charge is 0.492 e. The van der Waals surface area contributed by atoms with Gasteiger partial charge in [0.2, 0.25) is 6.79 Å². The van der Waals surface area contributed by atoms with E-state index in [2.05, 4.69) is 5.32 Å². The number of carbonyl (C=O) groups is 2. The molecule has 2 aliphatic heterocycles. The number of ether oxygens (including phenoxy) is 3. The number of hydrogen-bond donors (Lipinski definition) is 1. The standard InChI is InChI=1S/C20H19ClN2O5/c1-20(11-13-2-7-16-17(10-13)28-12-27-16)18(24)23(19(25)22-20)8-9-26-15-5-3-14(21)4-6-15/h2-7,10H,8-9,11-12H2,1H3,(H,22,25)/t20-/m1/s1. The highest BCUT2D eigenvalue weighted by molar-refractivity contribution is 6.30. The van der Waals surface area contributed by atoms with Gasteiger partial charge in [0.1, 0.15) is 17.9 Å². The number of fused-ring (bicyclic) bond motifs is 1. The SMILES string of the molecule is C[C@]1(Cc2ccc3c(c2)OCO3)NC(=O)N(CCOc2ccc(Cl)cc2)C1=O. The number of benzene rings is 2. The van der Waals surface area contributed by atoms with Crippen molar-refractivity contribution in [3.8, 4) is 17.2 Å². The molecule has 28 heavy (non-hydrogen) atoms. The van der Waals surface area contributed by atoms with Crippen molar-refractivity contribution in [1.29, 1.82) is 0 Å². The van der Waals surface area contributed by atoms with Crippen LogP contribution in [0.2, 0.25) is 5.02 Å². The molecule has 0 bridgehead atoms. The molecule has 1 atom stereocenters. The minimum absolute atomic E-state index is 0.157. The number of rotatable bonds is 6. The zero-order valence-corrected chi connectivity index (χ0v) is 16.0. The molecule has 146 valence electrons. The van der Waals surface area contributed by atoms with Crippen LogP contribution < -0.4 is 19.5 Å². The number of hydrogen-bond acceptors (Lipinski definition) is 5. The summed E-state index contributed by atoms with van der Waals surface area (Å²) < 4.78 is 16.3. The first-order valence-electron chi connectivity index (χ1n) is 8.86. The lowest BCUT2D eigenvalue weighted by Gasteiger charge is -2.22. The summed E-state index contributed by atoms with van der Waals surface area (Å²) in [4.78, 5) is 26.4. The van der Waals surface area contributed by atoms with Crippen molar-refractivity contribution in [2.24, 2.45) is 0 Å². The number of carbonyl (C=O) groups excluding carboxylic acids is 2. The number of nitrogens with zero attached hydrogens (tertiary/aromatic N) is 1. The number of imide groups is 1. The second-order valence-corrected chi connectivity index (χ2v) is 7.32. The molecule has 2 aromatic carbocycles. The molecule has 4 rings (SSSR count). The van der Waals surface area contributed by atoms with Crippen molar-refractivity contribution >= 4 is 23.5 Å². The lowest BCUT2D eigenvalue weighted by molar-refractivity contribution is -0.131. The molecular weight excluding hydrogens is 384 g/mol. The number of nitrogens with one attached hydrogen (secondary N) is 1. The van der Waals surface area contributed by atoms with Crippen LogP contribution in [0.1, 0.15) is 12.5 Å². The minimum atomic E-state index is -1.02. The minimum Gasteiger partial charge on any atom is -0.492 e. The van der Waals surface area contributed by atoms with Crippen molar-refractivity contribution in [3.63, 3.8) is 0 Å². The van der Waals surface area contributed by atoms with Crippen molar-refractivity contribution in [1.82, 2.24) is 10.2 Å². The molecule has 0 saturated carbocycles. The molecular formula is C20H19ClN2O5. The molecule has 0 radical (unpaired) electrons. The van der Waals surface area contributed by atoms with E-state index in [1.807, 2.05) is 12.1 Å². The molecule has 2 aromatic rings. The lowest BCUT2D eigenvalue weighted by atomic mass is 9.92. The quantitative estimate of drug-likeness (QED) is 0.751. The van der Waals surface area contributed by atoms with Gasteiger partial charge in [0.15, 0.2) is 11.5 Å². The van der Waals surface area contributed by atoms with E-state index in [0.717, 1.165) is 5.56 Å². The van der Waals surface area contributed by atoms with Crippen LogP contribution in [-0.2, 0) is 11.2 Å². The Balaban J connectivity index is 1.39. The van der Waals surface area contributed by atoms with E-state index in [0.29, 0.717) is 28.7 Å². The molecule has 2 aliphatic rings. The van der Waals surface area contributed by atoms with E-state index in [1.54, 1.807) is 37.3 Å². The normalized spacial score (nSPS) is 20.4. The Morgan fingerprint density at radius 1 is 1.14 bits per heavy atom. The average molecular weight is 403 g/mol. The second kappa shape index (κ2) is 7.24. The van der Waals surface area contributed by atoms with Gasteiger partial charge in [-0.05, 0) is 48.9 Å². The summed E-state index contributed by atoms with van der Waals surface area (Å²) in [5.41, 5.74) is -0.148. The van der Waals surface area contributed by atoms with E-state index in [-0.39, 0.29) is 25.9 Å². The van der Waals surface area contributed by atoms with E-state index in [9.17, 15) is 9.59 Å². The van der Waals surface area contributed by atoms with Crippen molar-refractivity contribution < 1.29 is 23.8 Å². The number of amides is 3. The fraction of sp³-hybridized carbons (Fsp3) is 0.300. The molecule has 3 amide bonds. The van der Waals surface area contributed by atoms with Crippen molar-refractivity contribution in [3.05, 3.63) is 53.1 Å². The van der Waals surface area contributed by atoms with Crippen LogP contribution in [0.25, 0.3) is 0 Å². The first-order chi connectivity index (χ1) is 13.4. The average Bonchev–Trinajstić information content (AvgIpc) is 3.21. The molecule has 1 saturated heterocycles. The van der Waals surface area contributed by atoms with Gasteiger partial charge >= 0.3 is 6.03 Å². The van der Waals surface area contributed by atoms with Gasteiger partial charge in [-0.1, -0.05) is 17.7 Å². The molecule has 2 heterocycles. The fourth-order valence-electron chi connectivity index (χ4n) is 3.31. The predicted octanol–water partition coefficient (Wildman–Crippen LogP) is 3.00. The van der Waals surface area contributed by atoms with Crippen LogP contribution in [0.5, 0.6) is 17.2 Å². The van der Waals surface area contributed by atoms with Crippen LogP contribution >= 0.6 is 11.6 Å². The van der Waals surface area contributed by atoms with Gasteiger partial charge in [-0.15, -0.1) is 0 Å². The summed E-state index contributed by atoms with van der Waals surface area (Å²) in [6.45, 7) is 2.26. The third-order valence-electron chi connectivity index (χ3n) is 4.74. The number of halogens is 1. The van der Waals surface area contributed by atoms with Gasteiger partial charge in [-0.25, -0.2) is 4.79 Å². The van der Waals surface area contributed by atoms with E-state index in [1.165, 1.54) is 4.90 Å². The summed E-state index contributed by atoms with van der Waals surface area (Å²) in [5, 5.41) is 3.41. The third-order valence-corrected chi connectivity index (χ3v) is 4.99. The maximum atomic E-state index is 12.9. The maximum Gasteiger partial charge on any atom is 0.325 e. The fourth-order valence-corrected chi connectivity index (χ4v) is 3.44. The van der Waals surface area contributed by atoms with Gasteiger partial charge in [0.25, 0.3) is 5.91 Å². The van der Waals surface area contributed by atoms with Crippen LogP contribution in [0.3, 0.4) is 0 Å². The zero-order chi connectivity index (χ0) is 19.7. The van der Waals surface area contributed by atoms with Gasteiger partial charge in [-0.2, -0.15) is 0 Å². The Kier molecular flexibility index (Phi) is 4.77. The molecule has 8 heteroatoms. The van der Waals surface area contributed by atoms with Crippen molar-refractivity contribution in [2.45, 2.75) is 18.9 Å². The summed E-state index contributed by atoms with van der Waals surface area (Å²) in [6, 6.07) is 12.0. The Bertz CT molecular complexity index is 917. The summed E-state index contributed by atoms with van der Waals surface area (Å²) >= 11 is 5.84. The smallest absolute Gasteiger partial charge is 0.325 e. The van der Waals surface area contributed by atoms with Crippen molar-refractivity contribution in [2.75, 3.05) is 19.9 Å². The Labute approximate surface area is 167 Å². The van der Waals surface area contributed by atoms with Crippen LogP contribution in [0, 0.1) is 0 Å². The highest BCUT2D eigenvalue weighted by Crippen LogP contribution is 2.34. The Morgan fingerprint density at radius 3 is 2.68 bits per heavy atom. The highest BCUT2D eigenvalue weighted by atomic mass is 35.5. The Hall–Kier alpha value is -2.93. The van der Waals surface area contributed by atoms with E-state index in [4.69, 9.17) is 25.8 Å². The second-order valence-electron chi connectivity index (χ2n) is 6.89. The molecule has 1 N–H and O–H groups in total. The van der Waals surface area contributed by atoms with Crippen LogP contribution in [0.15, 0.2) is 42.5 Å². The van der Waals surface area contributed by atoms with E-state index < -0.39 is 11.6 Å². The molecule has 0 spiro atoms. The molecule has 1 fully saturated rings. The zero-order valence-electron chi connectivity index (χ0n) is 15.2. The first kappa shape index (κ1) is 18.4. The van der Waals surface area contributed by atoms with Gasteiger partial charge in [-0.3, -0.25) is 9.69 Å². The molecule has 0 aliphatic carbocycles. The summed E-state index contributed by atoms with van der Waals surface area (Å²) in [5.74, 6) is 1.66. The molecule has 0 aromatic heterocycles. The Morgan fingerprint density at radius 2 is 1.89 bits per heavy atom. The monoisotopic (exact) mass is 402 g/mol. The highest BCUT2D eigenvalue weighted by Gasteiger charge is 2.47.